The Morgan fingerprint density at radius 3 is 2.55 bits per heavy atom. The highest BCUT2D eigenvalue weighted by atomic mass is 32.2. The van der Waals surface area contributed by atoms with E-state index in [4.69, 9.17) is 0 Å². The van der Waals surface area contributed by atoms with E-state index in [-0.39, 0.29) is 0 Å². The predicted molar refractivity (Wildman–Crippen MR) is 41.3 cm³/mol. The Hall–Kier alpha value is -0.610. The van der Waals surface area contributed by atoms with Crippen molar-refractivity contribution in [2.45, 2.75) is 4.90 Å². The quantitative estimate of drug-likeness (QED) is 0.691. The summed E-state index contributed by atoms with van der Waals surface area (Å²) in [4.78, 5) is 0.659. The normalized spacial score (nSPS) is 10.1. The molecule has 1 nitrogen and oxygen atoms in total. The molecule has 1 aromatic carbocycles. The molecule has 0 aliphatic heterocycles. The lowest BCUT2D eigenvalue weighted by Crippen LogP contribution is -1.91. The van der Waals surface area contributed by atoms with Crippen LogP contribution in [0.15, 0.2) is 23.1 Å². The molecule has 0 saturated carbocycles. The molecule has 0 radical (unpaired) electrons. The van der Waals surface area contributed by atoms with Crippen LogP contribution in [-0.4, -0.2) is 7.05 Å². The zero-order valence-corrected chi connectivity index (χ0v) is 6.71. The summed E-state index contributed by atoms with van der Waals surface area (Å²) >= 11 is 1.24. The summed E-state index contributed by atoms with van der Waals surface area (Å²) in [5.41, 5.74) is 0. The molecule has 0 aliphatic rings. The summed E-state index contributed by atoms with van der Waals surface area (Å²) in [6.07, 6.45) is 0. The number of rotatable bonds is 2. The first-order valence-corrected chi connectivity index (χ1v) is 3.84. The van der Waals surface area contributed by atoms with Crippen molar-refractivity contribution in [3.8, 4) is 0 Å². The van der Waals surface area contributed by atoms with Crippen LogP contribution in [0.3, 0.4) is 0 Å². The van der Waals surface area contributed by atoms with Crippen LogP contribution >= 0.6 is 11.9 Å². The summed E-state index contributed by atoms with van der Waals surface area (Å²) in [6, 6.07) is 3.77. The Morgan fingerprint density at radius 1 is 1.27 bits per heavy atom. The second-order valence-electron chi connectivity index (χ2n) is 1.88. The molecule has 0 fully saturated rings. The van der Waals surface area contributed by atoms with Crippen LogP contribution in [0.25, 0.3) is 0 Å². The van der Waals surface area contributed by atoms with E-state index in [1.54, 1.807) is 7.05 Å². The van der Waals surface area contributed by atoms with E-state index in [9.17, 15) is 8.78 Å². The van der Waals surface area contributed by atoms with Crippen molar-refractivity contribution in [1.82, 2.24) is 4.72 Å². The van der Waals surface area contributed by atoms with Crippen LogP contribution < -0.4 is 4.72 Å². The molecule has 0 amide bonds. The predicted octanol–water partition coefficient (Wildman–Crippen LogP) is 2.19. The molecule has 0 aromatic heterocycles. The SMILES string of the molecule is CNSc1ccc(F)c(F)c1. The molecule has 4 heteroatoms. The summed E-state index contributed by atoms with van der Waals surface area (Å²) in [7, 11) is 1.71. The van der Waals surface area contributed by atoms with E-state index < -0.39 is 11.6 Å². The monoisotopic (exact) mass is 175 g/mol. The van der Waals surface area contributed by atoms with Gasteiger partial charge in [0.15, 0.2) is 11.6 Å². The summed E-state index contributed by atoms with van der Waals surface area (Å²) in [5.74, 6) is -1.63. The smallest absolute Gasteiger partial charge is 0.159 e. The van der Waals surface area contributed by atoms with Gasteiger partial charge in [-0.05, 0) is 37.2 Å². The van der Waals surface area contributed by atoms with Gasteiger partial charge in [0.1, 0.15) is 0 Å². The lowest BCUT2D eigenvalue weighted by Gasteiger charge is -1.98. The summed E-state index contributed by atoms with van der Waals surface area (Å²) in [5, 5.41) is 0. The van der Waals surface area contributed by atoms with Crippen LogP contribution in [0.2, 0.25) is 0 Å². The lowest BCUT2D eigenvalue weighted by atomic mass is 10.3. The maximum absolute atomic E-state index is 12.5. The standard InChI is InChI=1S/C7H7F2NS/c1-10-11-5-2-3-6(8)7(9)4-5/h2-4,10H,1H3. The minimum atomic E-state index is -0.815. The molecule has 0 spiro atoms. The molecule has 1 rings (SSSR count). The molecule has 1 aromatic rings. The van der Waals surface area contributed by atoms with Gasteiger partial charge in [-0.25, -0.2) is 8.78 Å². The van der Waals surface area contributed by atoms with Crippen molar-refractivity contribution in [3.63, 3.8) is 0 Å². The highest BCUT2D eigenvalue weighted by Crippen LogP contribution is 2.16. The highest BCUT2D eigenvalue weighted by molar-refractivity contribution is 7.97. The van der Waals surface area contributed by atoms with Crippen molar-refractivity contribution in [2.24, 2.45) is 0 Å². The minimum Gasteiger partial charge on any atom is -0.263 e. The van der Waals surface area contributed by atoms with E-state index >= 15 is 0 Å². The van der Waals surface area contributed by atoms with Crippen LogP contribution in [0, 0.1) is 11.6 Å². The van der Waals surface area contributed by atoms with Gasteiger partial charge in [0.25, 0.3) is 0 Å². The van der Waals surface area contributed by atoms with Gasteiger partial charge in [0.2, 0.25) is 0 Å². The Balaban J connectivity index is 2.86. The molecular formula is C7H7F2NS. The number of halogens is 2. The van der Waals surface area contributed by atoms with E-state index in [0.717, 1.165) is 12.1 Å². The topological polar surface area (TPSA) is 12.0 Å². The van der Waals surface area contributed by atoms with Crippen LogP contribution in [0.5, 0.6) is 0 Å². The van der Waals surface area contributed by atoms with Crippen molar-refractivity contribution in [1.29, 1.82) is 0 Å². The molecule has 11 heavy (non-hydrogen) atoms. The Bertz CT molecular complexity index is 252. The van der Waals surface area contributed by atoms with E-state index in [1.165, 1.54) is 18.0 Å². The molecule has 0 atom stereocenters. The number of nitrogens with one attached hydrogen (secondary N) is 1. The minimum absolute atomic E-state index is 0.659. The third-order valence-electron chi connectivity index (χ3n) is 1.11. The molecule has 0 bridgehead atoms. The van der Waals surface area contributed by atoms with Crippen LogP contribution in [0.4, 0.5) is 8.78 Å². The number of hydrogen-bond donors (Lipinski definition) is 1. The van der Waals surface area contributed by atoms with Gasteiger partial charge >= 0.3 is 0 Å². The first-order valence-electron chi connectivity index (χ1n) is 3.02. The molecule has 1 N–H and O–H groups in total. The van der Waals surface area contributed by atoms with Crippen LogP contribution in [0.1, 0.15) is 0 Å². The van der Waals surface area contributed by atoms with Crippen molar-refractivity contribution in [2.75, 3.05) is 7.05 Å². The van der Waals surface area contributed by atoms with E-state index in [1.807, 2.05) is 0 Å². The fourth-order valence-electron chi connectivity index (χ4n) is 0.658. The second-order valence-corrected chi connectivity index (χ2v) is 2.97. The van der Waals surface area contributed by atoms with Crippen molar-refractivity contribution < 1.29 is 8.78 Å². The Labute approximate surface area is 67.9 Å². The fourth-order valence-corrected chi connectivity index (χ4v) is 1.19. The third-order valence-corrected chi connectivity index (χ3v) is 1.80. The van der Waals surface area contributed by atoms with Crippen molar-refractivity contribution in [3.05, 3.63) is 29.8 Å². The molecular weight excluding hydrogens is 168 g/mol. The van der Waals surface area contributed by atoms with Gasteiger partial charge in [-0.1, -0.05) is 0 Å². The zero-order valence-electron chi connectivity index (χ0n) is 5.90. The zero-order chi connectivity index (χ0) is 8.27. The first kappa shape index (κ1) is 8.49. The van der Waals surface area contributed by atoms with E-state index in [2.05, 4.69) is 4.72 Å². The largest absolute Gasteiger partial charge is 0.263 e. The summed E-state index contributed by atoms with van der Waals surface area (Å²) < 4.78 is 27.6. The lowest BCUT2D eigenvalue weighted by molar-refractivity contribution is 0.506. The average Bonchev–Trinajstić information content (AvgIpc) is 1.98. The Morgan fingerprint density at radius 2 is 2.00 bits per heavy atom. The van der Waals surface area contributed by atoms with Gasteiger partial charge in [-0.2, -0.15) is 0 Å². The van der Waals surface area contributed by atoms with Gasteiger partial charge in [0.05, 0.1) is 0 Å². The van der Waals surface area contributed by atoms with Gasteiger partial charge < -0.3 is 0 Å². The first-order chi connectivity index (χ1) is 5.24. The average molecular weight is 175 g/mol. The van der Waals surface area contributed by atoms with Crippen LogP contribution in [-0.2, 0) is 0 Å². The number of benzene rings is 1. The third kappa shape index (κ3) is 2.17. The molecule has 0 aliphatic carbocycles. The number of hydrogen-bond acceptors (Lipinski definition) is 2. The molecule has 0 saturated heterocycles. The van der Waals surface area contributed by atoms with Gasteiger partial charge in [-0.3, -0.25) is 4.72 Å². The second kappa shape index (κ2) is 3.69. The van der Waals surface area contributed by atoms with Gasteiger partial charge in [-0.15, -0.1) is 0 Å². The molecule has 0 heterocycles. The Kier molecular flexibility index (Phi) is 2.84. The fraction of sp³-hybridized carbons (Fsp3) is 0.143. The highest BCUT2D eigenvalue weighted by Gasteiger charge is 2.01. The molecule has 0 unspecified atom stereocenters. The van der Waals surface area contributed by atoms with Gasteiger partial charge in [0, 0.05) is 4.90 Å². The van der Waals surface area contributed by atoms with E-state index in [0.29, 0.717) is 4.90 Å². The van der Waals surface area contributed by atoms with Crippen molar-refractivity contribution >= 4 is 11.9 Å². The maximum Gasteiger partial charge on any atom is 0.159 e. The molecule has 60 valence electrons. The maximum atomic E-state index is 12.5. The summed E-state index contributed by atoms with van der Waals surface area (Å²) in [6.45, 7) is 0.